The van der Waals surface area contributed by atoms with E-state index >= 15 is 0 Å². The standard InChI is InChI=1S/C11H16FNO2/c1-7-5-11(15-2)8(6-9(7)12)10(13)3-4-14/h5-6,10,14H,3-4,13H2,1-2H3. The Hall–Kier alpha value is -1.13. The maximum Gasteiger partial charge on any atom is 0.126 e. The molecule has 0 saturated heterocycles. The number of aliphatic hydroxyl groups excluding tert-OH is 1. The van der Waals surface area contributed by atoms with Crippen LogP contribution in [-0.4, -0.2) is 18.8 Å². The van der Waals surface area contributed by atoms with Crippen molar-refractivity contribution in [2.45, 2.75) is 19.4 Å². The smallest absolute Gasteiger partial charge is 0.126 e. The molecule has 0 spiro atoms. The third-order valence-corrected chi connectivity index (χ3v) is 2.35. The van der Waals surface area contributed by atoms with Gasteiger partial charge in [0.25, 0.3) is 0 Å². The number of methoxy groups -OCH3 is 1. The molecule has 0 fully saturated rings. The van der Waals surface area contributed by atoms with Gasteiger partial charge in [-0.25, -0.2) is 4.39 Å². The van der Waals surface area contributed by atoms with Crippen molar-refractivity contribution in [2.24, 2.45) is 5.73 Å². The number of hydrogen-bond acceptors (Lipinski definition) is 3. The predicted molar refractivity (Wildman–Crippen MR) is 56.3 cm³/mol. The maximum absolute atomic E-state index is 13.3. The van der Waals surface area contributed by atoms with Crippen LogP contribution < -0.4 is 10.5 Å². The van der Waals surface area contributed by atoms with Crippen molar-refractivity contribution < 1.29 is 14.2 Å². The number of rotatable bonds is 4. The van der Waals surface area contributed by atoms with E-state index < -0.39 is 6.04 Å². The Morgan fingerprint density at radius 2 is 2.20 bits per heavy atom. The molecule has 15 heavy (non-hydrogen) atoms. The molecule has 0 radical (unpaired) electrons. The first-order valence-electron chi connectivity index (χ1n) is 4.80. The van der Waals surface area contributed by atoms with Crippen LogP contribution in [-0.2, 0) is 0 Å². The average Bonchev–Trinajstić information content (AvgIpc) is 2.21. The number of ether oxygens (including phenoxy) is 1. The lowest BCUT2D eigenvalue weighted by molar-refractivity contribution is 0.275. The van der Waals surface area contributed by atoms with E-state index in [1.807, 2.05) is 0 Å². The van der Waals surface area contributed by atoms with Crippen molar-refractivity contribution in [1.29, 1.82) is 0 Å². The highest BCUT2D eigenvalue weighted by molar-refractivity contribution is 5.40. The first-order valence-corrected chi connectivity index (χ1v) is 4.80. The van der Waals surface area contributed by atoms with E-state index in [2.05, 4.69) is 0 Å². The molecule has 3 N–H and O–H groups in total. The van der Waals surface area contributed by atoms with Gasteiger partial charge in [0.05, 0.1) is 7.11 Å². The van der Waals surface area contributed by atoms with Gasteiger partial charge in [0.2, 0.25) is 0 Å². The number of halogens is 1. The summed E-state index contributed by atoms with van der Waals surface area (Å²) in [5.74, 6) is 0.258. The molecular weight excluding hydrogens is 197 g/mol. The Morgan fingerprint density at radius 3 is 2.73 bits per heavy atom. The zero-order chi connectivity index (χ0) is 11.4. The highest BCUT2D eigenvalue weighted by Gasteiger charge is 2.14. The van der Waals surface area contributed by atoms with Crippen LogP contribution in [0.3, 0.4) is 0 Å². The molecule has 0 aromatic heterocycles. The van der Waals surface area contributed by atoms with Crippen LogP contribution >= 0.6 is 0 Å². The summed E-state index contributed by atoms with van der Waals surface area (Å²) in [5, 5.41) is 8.77. The summed E-state index contributed by atoms with van der Waals surface area (Å²) in [6.07, 6.45) is 0.388. The van der Waals surface area contributed by atoms with Gasteiger partial charge in [-0.3, -0.25) is 0 Å². The van der Waals surface area contributed by atoms with Crippen LogP contribution in [0.1, 0.15) is 23.6 Å². The Kier molecular flexibility index (Phi) is 4.05. The van der Waals surface area contributed by atoms with Gasteiger partial charge in [-0.05, 0) is 31.0 Å². The van der Waals surface area contributed by atoms with E-state index in [4.69, 9.17) is 15.6 Å². The molecule has 0 saturated carbocycles. The Labute approximate surface area is 88.7 Å². The summed E-state index contributed by atoms with van der Waals surface area (Å²) in [5.41, 5.74) is 6.91. The first-order chi connectivity index (χ1) is 7.10. The number of hydrogen-bond donors (Lipinski definition) is 2. The molecule has 0 bridgehead atoms. The van der Waals surface area contributed by atoms with Crippen LogP contribution in [0.25, 0.3) is 0 Å². The lowest BCUT2D eigenvalue weighted by Crippen LogP contribution is -2.13. The Bertz CT molecular complexity index is 342. The fourth-order valence-electron chi connectivity index (χ4n) is 1.43. The number of benzene rings is 1. The minimum atomic E-state index is -0.403. The maximum atomic E-state index is 13.3. The van der Waals surface area contributed by atoms with Gasteiger partial charge in [-0.2, -0.15) is 0 Å². The van der Waals surface area contributed by atoms with Gasteiger partial charge in [-0.1, -0.05) is 0 Å². The SMILES string of the molecule is COc1cc(C)c(F)cc1C(N)CCO. The fourth-order valence-corrected chi connectivity index (χ4v) is 1.43. The molecule has 1 aromatic rings. The first kappa shape index (κ1) is 11.9. The highest BCUT2D eigenvalue weighted by atomic mass is 19.1. The Balaban J connectivity index is 3.09. The second-order valence-corrected chi connectivity index (χ2v) is 3.46. The molecule has 0 aliphatic rings. The van der Waals surface area contributed by atoms with Crippen LogP contribution in [0.15, 0.2) is 12.1 Å². The average molecular weight is 213 g/mol. The summed E-state index contributed by atoms with van der Waals surface area (Å²) < 4.78 is 18.4. The zero-order valence-electron chi connectivity index (χ0n) is 8.96. The second kappa shape index (κ2) is 5.09. The molecule has 0 heterocycles. The summed E-state index contributed by atoms with van der Waals surface area (Å²) in [6.45, 7) is 1.64. The molecule has 1 unspecified atom stereocenters. The summed E-state index contributed by atoms with van der Waals surface area (Å²) in [7, 11) is 1.52. The topological polar surface area (TPSA) is 55.5 Å². The quantitative estimate of drug-likeness (QED) is 0.797. The van der Waals surface area contributed by atoms with E-state index in [9.17, 15) is 4.39 Å². The third-order valence-electron chi connectivity index (χ3n) is 2.35. The molecule has 0 amide bonds. The number of nitrogens with two attached hydrogens (primary N) is 1. The van der Waals surface area contributed by atoms with E-state index in [1.54, 1.807) is 13.0 Å². The van der Waals surface area contributed by atoms with Crippen molar-refractivity contribution in [2.75, 3.05) is 13.7 Å². The molecule has 0 aliphatic heterocycles. The molecule has 1 rings (SSSR count). The van der Waals surface area contributed by atoms with Crippen molar-refractivity contribution >= 4 is 0 Å². The lowest BCUT2D eigenvalue weighted by Gasteiger charge is -2.15. The van der Waals surface area contributed by atoms with Gasteiger partial charge >= 0.3 is 0 Å². The van der Waals surface area contributed by atoms with Crippen LogP contribution in [0.4, 0.5) is 4.39 Å². The van der Waals surface area contributed by atoms with Crippen molar-refractivity contribution in [3.8, 4) is 5.75 Å². The van der Waals surface area contributed by atoms with Gasteiger partial charge in [0.1, 0.15) is 11.6 Å². The van der Waals surface area contributed by atoms with Crippen LogP contribution in [0.2, 0.25) is 0 Å². The summed E-state index contributed by atoms with van der Waals surface area (Å²) in [6, 6.07) is 2.58. The lowest BCUT2D eigenvalue weighted by atomic mass is 10.0. The molecule has 0 aliphatic carbocycles. The minimum Gasteiger partial charge on any atom is -0.496 e. The van der Waals surface area contributed by atoms with Crippen molar-refractivity contribution in [3.05, 3.63) is 29.1 Å². The molecular formula is C11H16FNO2. The van der Waals surface area contributed by atoms with E-state index in [-0.39, 0.29) is 12.4 Å². The molecule has 1 atom stereocenters. The normalized spacial score (nSPS) is 12.6. The number of aliphatic hydroxyl groups is 1. The van der Waals surface area contributed by atoms with E-state index in [0.717, 1.165) is 0 Å². The minimum absolute atomic E-state index is 0.0280. The van der Waals surface area contributed by atoms with Gasteiger partial charge in [0.15, 0.2) is 0 Å². The fraction of sp³-hybridized carbons (Fsp3) is 0.455. The van der Waals surface area contributed by atoms with E-state index in [0.29, 0.717) is 23.3 Å². The van der Waals surface area contributed by atoms with Crippen molar-refractivity contribution in [3.63, 3.8) is 0 Å². The summed E-state index contributed by atoms with van der Waals surface area (Å²) >= 11 is 0. The van der Waals surface area contributed by atoms with Gasteiger partial charge < -0.3 is 15.6 Å². The Morgan fingerprint density at radius 1 is 1.53 bits per heavy atom. The van der Waals surface area contributed by atoms with E-state index in [1.165, 1.54) is 13.2 Å². The van der Waals surface area contributed by atoms with Crippen molar-refractivity contribution in [1.82, 2.24) is 0 Å². The molecule has 1 aromatic carbocycles. The van der Waals surface area contributed by atoms with Crippen LogP contribution in [0.5, 0.6) is 5.75 Å². The second-order valence-electron chi connectivity index (χ2n) is 3.46. The third kappa shape index (κ3) is 2.67. The predicted octanol–water partition coefficient (Wildman–Crippen LogP) is 1.52. The molecule has 84 valence electrons. The van der Waals surface area contributed by atoms with Gasteiger partial charge in [-0.15, -0.1) is 0 Å². The number of aryl methyl sites for hydroxylation is 1. The summed E-state index contributed by atoms with van der Waals surface area (Å²) in [4.78, 5) is 0. The zero-order valence-corrected chi connectivity index (χ0v) is 8.96. The molecule has 3 nitrogen and oxygen atoms in total. The largest absolute Gasteiger partial charge is 0.496 e. The monoisotopic (exact) mass is 213 g/mol. The molecule has 4 heteroatoms. The van der Waals surface area contributed by atoms with Gasteiger partial charge in [0, 0.05) is 18.2 Å². The van der Waals surface area contributed by atoms with Crippen LogP contribution in [0, 0.1) is 12.7 Å². The highest BCUT2D eigenvalue weighted by Crippen LogP contribution is 2.28.